The lowest BCUT2D eigenvalue weighted by atomic mass is 9.93. The van der Waals surface area contributed by atoms with Crippen molar-refractivity contribution in [3.8, 4) is 0 Å². The number of rotatable bonds is 5. The van der Waals surface area contributed by atoms with Gasteiger partial charge in [0.25, 0.3) is 0 Å². The van der Waals surface area contributed by atoms with Crippen LogP contribution in [-0.4, -0.2) is 12.6 Å². The van der Waals surface area contributed by atoms with Crippen LogP contribution in [-0.2, 0) is 9.53 Å². The van der Waals surface area contributed by atoms with Crippen LogP contribution in [0, 0.1) is 6.92 Å². The Hall–Kier alpha value is -1.57. The van der Waals surface area contributed by atoms with Gasteiger partial charge in [-0.1, -0.05) is 36.8 Å². The molecule has 0 aliphatic rings. The topological polar surface area (TPSA) is 26.3 Å². The van der Waals surface area contributed by atoms with Gasteiger partial charge in [0.15, 0.2) is 0 Å². The highest BCUT2D eigenvalue weighted by atomic mass is 16.5. The first-order chi connectivity index (χ1) is 8.56. The molecule has 0 saturated heterocycles. The Balaban J connectivity index is 2.94. The molecule has 0 aromatic heterocycles. The molecular weight excluding hydrogens is 224 g/mol. The molecule has 0 unspecified atom stereocenters. The maximum atomic E-state index is 10.8. The number of esters is 1. The second-order valence-corrected chi connectivity index (χ2v) is 4.52. The minimum atomic E-state index is -0.215. The molecular formula is C16H22O2. The molecule has 0 heterocycles. The van der Waals surface area contributed by atoms with Crippen LogP contribution in [0.25, 0.3) is 5.57 Å². The van der Waals surface area contributed by atoms with Gasteiger partial charge in [0.1, 0.15) is 0 Å². The second kappa shape index (κ2) is 7.00. The summed E-state index contributed by atoms with van der Waals surface area (Å²) in [7, 11) is 0. The van der Waals surface area contributed by atoms with Crippen molar-refractivity contribution in [2.24, 2.45) is 0 Å². The van der Waals surface area contributed by atoms with Gasteiger partial charge in [-0.25, -0.2) is 0 Å². The smallest absolute Gasteiger partial charge is 0.302 e. The van der Waals surface area contributed by atoms with Crippen molar-refractivity contribution in [2.45, 2.75) is 40.5 Å². The van der Waals surface area contributed by atoms with Gasteiger partial charge < -0.3 is 4.74 Å². The summed E-state index contributed by atoms with van der Waals surface area (Å²) >= 11 is 0. The van der Waals surface area contributed by atoms with Crippen molar-refractivity contribution in [1.82, 2.24) is 0 Å². The molecule has 0 amide bonds. The second-order valence-electron chi connectivity index (χ2n) is 4.52. The van der Waals surface area contributed by atoms with Crippen LogP contribution in [0.15, 0.2) is 29.8 Å². The number of ether oxygens (including phenoxy) is 1. The van der Waals surface area contributed by atoms with Gasteiger partial charge in [-0.05, 0) is 37.0 Å². The zero-order chi connectivity index (χ0) is 13.5. The molecule has 0 N–H and O–H groups in total. The highest BCUT2D eigenvalue weighted by molar-refractivity contribution is 5.71. The van der Waals surface area contributed by atoms with E-state index in [1.807, 2.05) is 6.07 Å². The number of carbonyl (C=O) groups excluding carboxylic acids is 1. The normalized spacial score (nSPS) is 12.0. The Morgan fingerprint density at radius 3 is 2.44 bits per heavy atom. The van der Waals surface area contributed by atoms with E-state index in [4.69, 9.17) is 4.74 Å². The van der Waals surface area contributed by atoms with E-state index in [0.29, 0.717) is 6.61 Å². The monoisotopic (exact) mass is 246 g/mol. The number of allylic oxidation sites excluding steroid dienone is 1. The summed E-state index contributed by atoms with van der Waals surface area (Å²) < 4.78 is 5.06. The van der Waals surface area contributed by atoms with Gasteiger partial charge in [-0.15, -0.1) is 0 Å². The van der Waals surface area contributed by atoms with Crippen molar-refractivity contribution in [3.05, 3.63) is 41.0 Å². The maximum absolute atomic E-state index is 10.8. The number of hydrogen-bond donors (Lipinski definition) is 0. The summed E-state index contributed by atoms with van der Waals surface area (Å²) in [5.74, 6) is -0.215. The number of aryl methyl sites for hydroxylation is 1. The lowest BCUT2D eigenvalue weighted by Gasteiger charge is -2.14. The van der Waals surface area contributed by atoms with E-state index < -0.39 is 0 Å². The molecule has 1 rings (SSSR count). The quantitative estimate of drug-likeness (QED) is 0.730. The van der Waals surface area contributed by atoms with Crippen LogP contribution >= 0.6 is 0 Å². The average Bonchev–Trinajstić information content (AvgIpc) is 2.35. The molecule has 18 heavy (non-hydrogen) atoms. The summed E-state index contributed by atoms with van der Waals surface area (Å²) in [6.07, 6.45) is 1.80. The SMILES string of the molecule is CC/C(C)=C(\CCOC(C)=O)c1ccccc1C. The standard InChI is InChI=1S/C16H22O2/c1-5-12(2)16(10-11-18-14(4)17)15-9-7-6-8-13(15)3/h6-9H,5,10-11H2,1-4H3/b16-12+. The van der Waals surface area contributed by atoms with Crippen LogP contribution in [0.2, 0.25) is 0 Å². The third kappa shape index (κ3) is 4.02. The number of carbonyl (C=O) groups is 1. The highest BCUT2D eigenvalue weighted by Crippen LogP contribution is 2.26. The number of benzene rings is 1. The Bertz CT molecular complexity index is 444. The molecule has 0 radical (unpaired) electrons. The first kappa shape index (κ1) is 14.5. The third-order valence-electron chi connectivity index (χ3n) is 3.17. The summed E-state index contributed by atoms with van der Waals surface area (Å²) in [6.45, 7) is 8.32. The first-order valence-corrected chi connectivity index (χ1v) is 6.44. The zero-order valence-corrected chi connectivity index (χ0v) is 11.7. The molecule has 0 fully saturated rings. The van der Waals surface area contributed by atoms with Gasteiger partial charge in [0, 0.05) is 13.3 Å². The highest BCUT2D eigenvalue weighted by Gasteiger charge is 2.08. The molecule has 0 bridgehead atoms. The molecule has 1 aromatic rings. The molecule has 2 nitrogen and oxygen atoms in total. The third-order valence-corrected chi connectivity index (χ3v) is 3.17. The Morgan fingerprint density at radius 1 is 1.22 bits per heavy atom. The molecule has 0 spiro atoms. The van der Waals surface area contributed by atoms with E-state index in [2.05, 4.69) is 39.0 Å². The molecule has 0 aliphatic heterocycles. The Labute approximate surface area is 110 Å². The fourth-order valence-electron chi connectivity index (χ4n) is 2.00. The first-order valence-electron chi connectivity index (χ1n) is 6.44. The van der Waals surface area contributed by atoms with Crippen molar-refractivity contribution in [3.63, 3.8) is 0 Å². The van der Waals surface area contributed by atoms with Crippen LogP contribution in [0.4, 0.5) is 0 Å². The summed E-state index contributed by atoms with van der Waals surface area (Å²) in [5, 5.41) is 0. The van der Waals surface area contributed by atoms with Crippen LogP contribution < -0.4 is 0 Å². The predicted molar refractivity (Wildman–Crippen MR) is 75.3 cm³/mol. The van der Waals surface area contributed by atoms with Gasteiger partial charge in [0.2, 0.25) is 0 Å². The van der Waals surface area contributed by atoms with E-state index in [0.717, 1.165) is 12.8 Å². The zero-order valence-electron chi connectivity index (χ0n) is 11.7. The van der Waals surface area contributed by atoms with Crippen molar-refractivity contribution < 1.29 is 9.53 Å². The van der Waals surface area contributed by atoms with E-state index >= 15 is 0 Å². The van der Waals surface area contributed by atoms with Crippen molar-refractivity contribution in [2.75, 3.05) is 6.61 Å². The lowest BCUT2D eigenvalue weighted by molar-refractivity contribution is -0.140. The fourth-order valence-corrected chi connectivity index (χ4v) is 2.00. The van der Waals surface area contributed by atoms with Gasteiger partial charge >= 0.3 is 5.97 Å². The summed E-state index contributed by atoms with van der Waals surface area (Å²) in [5.41, 5.74) is 5.19. The maximum Gasteiger partial charge on any atom is 0.302 e. The fraction of sp³-hybridized carbons (Fsp3) is 0.438. The minimum absolute atomic E-state index is 0.215. The van der Waals surface area contributed by atoms with Crippen LogP contribution in [0.5, 0.6) is 0 Å². The largest absolute Gasteiger partial charge is 0.466 e. The van der Waals surface area contributed by atoms with E-state index in [-0.39, 0.29) is 5.97 Å². The predicted octanol–water partition coefficient (Wildman–Crippen LogP) is 4.13. The van der Waals surface area contributed by atoms with E-state index in [1.165, 1.54) is 29.2 Å². The van der Waals surface area contributed by atoms with Crippen LogP contribution in [0.1, 0.15) is 44.7 Å². The number of hydrogen-bond acceptors (Lipinski definition) is 2. The van der Waals surface area contributed by atoms with E-state index in [1.54, 1.807) is 0 Å². The van der Waals surface area contributed by atoms with Gasteiger partial charge in [-0.3, -0.25) is 4.79 Å². The molecule has 1 aromatic carbocycles. The molecule has 98 valence electrons. The Morgan fingerprint density at radius 2 is 1.89 bits per heavy atom. The van der Waals surface area contributed by atoms with Gasteiger partial charge in [-0.2, -0.15) is 0 Å². The minimum Gasteiger partial charge on any atom is -0.466 e. The van der Waals surface area contributed by atoms with Gasteiger partial charge in [0.05, 0.1) is 6.61 Å². The summed E-state index contributed by atoms with van der Waals surface area (Å²) in [6, 6.07) is 8.35. The summed E-state index contributed by atoms with van der Waals surface area (Å²) in [4.78, 5) is 10.8. The van der Waals surface area contributed by atoms with E-state index in [9.17, 15) is 4.79 Å². The Kier molecular flexibility index (Phi) is 5.63. The molecule has 0 atom stereocenters. The lowest BCUT2D eigenvalue weighted by Crippen LogP contribution is -2.03. The molecule has 2 heteroatoms. The molecule has 0 saturated carbocycles. The average molecular weight is 246 g/mol. The van der Waals surface area contributed by atoms with Crippen molar-refractivity contribution in [1.29, 1.82) is 0 Å². The van der Waals surface area contributed by atoms with Crippen molar-refractivity contribution >= 4 is 11.5 Å². The van der Waals surface area contributed by atoms with Crippen LogP contribution in [0.3, 0.4) is 0 Å². The molecule has 0 aliphatic carbocycles.